The molecule has 0 aliphatic carbocycles. The van der Waals surface area contributed by atoms with Crippen molar-refractivity contribution < 1.29 is 8.78 Å². The van der Waals surface area contributed by atoms with E-state index in [1.807, 2.05) is 91.3 Å². The molecule has 0 saturated carbocycles. The smallest absolute Gasteiger partial charge is 0.133 e. The summed E-state index contributed by atoms with van der Waals surface area (Å²) < 4.78 is 33.3. The fourth-order valence-electron chi connectivity index (χ4n) is 7.21. The largest absolute Gasteiger partial charge is 0.330 e. The first-order chi connectivity index (χ1) is 28.3. The molecule has 58 heavy (non-hydrogen) atoms. The van der Waals surface area contributed by atoms with E-state index in [1.165, 1.54) is 34.8 Å². The molecule has 0 atom stereocenters. The molecule has 8 nitrogen and oxygen atoms in total. The predicted molar refractivity (Wildman–Crippen MR) is 235 cm³/mol. The summed E-state index contributed by atoms with van der Waals surface area (Å²) in [5.74, 6) is -0.587. The maximum absolute atomic E-state index is 14.7. The Bertz CT molecular complexity index is 2900. The molecule has 4 N–H and O–H groups in total. The number of thiophene rings is 2. The molecule has 0 aliphatic heterocycles. The van der Waals surface area contributed by atoms with E-state index in [-0.39, 0.29) is 11.6 Å². The summed E-state index contributed by atoms with van der Waals surface area (Å²) in [4.78, 5) is 17.8. The average Bonchev–Trinajstić information content (AvgIpc) is 4.06. The molecule has 0 unspecified atom stereocenters. The second-order valence-corrected chi connectivity index (χ2v) is 16.0. The third-order valence-electron chi connectivity index (χ3n) is 10.00. The minimum atomic E-state index is -0.294. The zero-order valence-electron chi connectivity index (χ0n) is 30.5. The van der Waals surface area contributed by atoms with Gasteiger partial charge in [-0.25, -0.2) is 18.7 Å². The van der Waals surface area contributed by atoms with Crippen molar-refractivity contribution in [2.45, 2.75) is 12.8 Å². The first-order valence-corrected chi connectivity index (χ1v) is 20.9. The number of nitrogens with zero attached hydrogens (tertiary/aromatic N) is 6. The Morgan fingerprint density at radius 2 is 1.00 bits per heavy atom. The first kappa shape index (κ1) is 37.9. The molecule has 0 spiro atoms. The molecule has 0 aliphatic rings. The Labute approximate surface area is 349 Å². The highest BCUT2D eigenvalue weighted by atomic mass is 35.5. The van der Waals surface area contributed by atoms with E-state index in [0.29, 0.717) is 45.3 Å². The number of nitrogens with two attached hydrogens (primary N) is 2. The van der Waals surface area contributed by atoms with Gasteiger partial charge in [-0.3, -0.25) is 19.1 Å². The molecule has 0 amide bonds. The molecule has 6 heterocycles. The van der Waals surface area contributed by atoms with Crippen LogP contribution in [-0.4, -0.2) is 42.2 Å². The monoisotopic (exact) mass is 844 g/mol. The molecule has 10 aromatic rings. The number of rotatable bonds is 8. The molecular formula is C44H32Cl2F2N8S2. The molecular weight excluding hydrogens is 814 g/mol. The minimum absolute atomic E-state index is 0.294. The number of pyridine rings is 2. The van der Waals surface area contributed by atoms with Gasteiger partial charge in [0.15, 0.2) is 0 Å². The van der Waals surface area contributed by atoms with Crippen LogP contribution in [0.15, 0.2) is 119 Å². The lowest BCUT2D eigenvalue weighted by Gasteiger charge is -2.11. The van der Waals surface area contributed by atoms with E-state index < -0.39 is 0 Å². The lowest BCUT2D eigenvalue weighted by atomic mass is 10.0. The standard InChI is InChI=1S/2C22H16ClFN4S/c2*23-17-7-13(3-5-25)1-2-21(17)28-12-27-20-10-26-19-9-18(24)15(8-16(19)22(20)28)14-4-6-29-11-14/h2*1-2,4,6-12H,3,5,25H2. The van der Waals surface area contributed by atoms with Gasteiger partial charge in [-0.15, -0.1) is 0 Å². The summed E-state index contributed by atoms with van der Waals surface area (Å²) in [6.07, 6.45) is 8.30. The number of aromatic nitrogens is 6. The van der Waals surface area contributed by atoms with E-state index in [2.05, 4.69) is 19.9 Å². The van der Waals surface area contributed by atoms with Crippen molar-refractivity contribution in [3.8, 4) is 33.6 Å². The van der Waals surface area contributed by atoms with Crippen molar-refractivity contribution >= 4 is 89.7 Å². The Hall–Kier alpha value is -5.60. The number of hydrogen-bond acceptors (Lipinski definition) is 8. The van der Waals surface area contributed by atoms with Crippen LogP contribution in [0.3, 0.4) is 0 Å². The zero-order chi connectivity index (χ0) is 39.9. The molecule has 6 aromatic heterocycles. The Balaban J connectivity index is 0.000000150. The van der Waals surface area contributed by atoms with Gasteiger partial charge in [0.1, 0.15) is 35.3 Å². The Morgan fingerprint density at radius 1 is 0.552 bits per heavy atom. The molecule has 10 rings (SSSR count). The molecule has 0 saturated heterocycles. The van der Waals surface area contributed by atoms with Gasteiger partial charge < -0.3 is 11.5 Å². The summed E-state index contributed by atoms with van der Waals surface area (Å²) in [6, 6.07) is 22.3. The molecule has 0 radical (unpaired) electrons. The van der Waals surface area contributed by atoms with E-state index in [1.54, 1.807) is 25.0 Å². The number of hydrogen-bond donors (Lipinski definition) is 2. The molecule has 14 heteroatoms. The van der Waals surface area contributed by atoms with Crippen LogP contribution >= 0.6 is 45.9 Å². The van der Waals surface area contributed by atoms with Gasteiger partial charge in [0.2, 0.25) is 0 Å². The van der Waals surface area contributed by atoms with Crippen molar-refractivity contribution in [1.29, 1.82) is 0 Å². The lowest BCUT2D eigenvalue weighted by molar-refractivity contribution is 0.632. The molecule has 0 fully saturated rings. The van der Waals surface area contributed by atoms with Crippen molar-refractivity contribution in [2.75, 3.05) is 13.1 Å². The van der Waals surface area contributed by atoms with Crippen molar-refractivity contribution in [2.24, 2.45) is 11.5 Å². The van der Waals surface area contributed by atoms with Gasteiger partial charge in [-0.1, -0.05) is 35.3 Å². The second-order valence-electron chi connectivity index (χ2n) is 13.6. The maximum atomic E-state index is 14.7. The van der Waals surface area contributed by atoms with Gasteiger partial charge in [-0.05, 0) is 118 Å². The minimum Gasteiger partial charge on any atom is -0.330 e. The van der Waals surface area contributed by atoms with Crippen LogP contribution < -0.4 is 11.5 Å². The van der Waals surface area contributed by atoms with Crippen molar-refractivity contribution in [3.05, 3.63) is 152 Å². The van der Waals surface area contributed by atoms with Crippen LogP contribution in [0.1, 0.15) is 11.1 Å². The molecule has 0 bridgehead atoms. The van der Waals surface area contributed by atoms with E-state index >= 15 is 0 Å². The van der Waals surface area contributed by atoms with Crippen LogP contribution in [0.2, 0.25) is 10.0 Å². The van der Waals surface area contributed by atoms with Crippen LogP contribution in [-0.2, 0) is 12.8 Å². The fourth-order valence-corrected chi connectivity index (χ4v) is 9.11. The van der Waals surface area contributed by atoms with Crippen LogP contribution in [0.25, 0.3) is 77.5 Å². The quantitative estimate of drug-likeness (QED) is 0.157. The fraction of sp³-hybridized carbons (Fsp3) is 0.0909. The third-order valence-corrected chi connectivity index (χ3v) is 12.0. The Morgan fingerprint density at radius 3 is 1.38 bits per heavy atom. The van der Waals surface area contributed by atoms with Crippen LogP contribution in [0.5, 0.6) is 0 Å². The van der Waals surface area contributed by atoms with E-state index in [0.717, 1.165) is 79.3 Å². The van der Waals surface area contributed by atoms with Gasteiger partial charge in [-0.2, -0.15) is 22.7 Å². The van der Waals surface area contributed by atoms with Crippen LogP contribution in [0.4, 0.5) is 8.78 Å². The predicted octanol–water partition coefficient (Wildman–Crippen LogP) is 11.2. The highest BCUT2D eigenvalue weighted by molar-refractivity contribution is 7.08. The lowest BCUT2D eigenvalue weighted by Crippen LogP contribution is -2.03. The Kier molecular flexibility index (Phi) is 10.5. The third kappa shape index (κ3) is 7.02. The normalized spacial score (nSPS) is 11.6. The number of fused-ring (bicyclic) bond motifs is 6. The highest BCUT2D eigenvalue weighted by Crippen LogP contribution is 2.36. The van der Waals surface area contributed by atoms with Gasteiger partial charge in [0.25, 0.3) is 0 Å². The first-order valence-electron chi connectivity index (χ1n) is 18.2. The summed E-state index contributed by atoms with van der Waals surface area (Å²) in [5.41, 5.74) is 22.2. The highest BCUT2D eigenvalue weighted by Gasteiger charge is 2.18. The second kappa shape index (κ2) is 16.0. The van der Waals surface area contributed by atoms with Gasteiger partial charge in [0.05, 0.1) is 55.9 Å². The van der Waals surface area contributed by atoms with Crippen molar-refractivity contribution in [3.63, 3.8) is 0 Å². The van der Waals surface area contributed by atoms with E-state index in [9.17, 15) is 8.78 Å². The zero-order valence-corrected chi connectivity index (χ0v) is 33.7. The summed E-state index contributed by atoms with van der Waals surface area (Å²) in [6.45, 7) is 1.13. The van der Waals surface area contributed by atoms with E-state index in [4.69, 9.17) is 34.7 Å². The molecule has 4 aromatic carbocycles. The SMILES string of the molecule is NCCc1ccc(-n2cnc3cnc4cc(F)c(-c5ccsc5)cc4c32)c(Cl)c1.NCCc1ccc(-n2cnc3cnc4cc(F)c(-c5ccsc5)cc4c32)c(Cl)c1. The molecule has 288 valence electrons. The van der Waals surface area contributed by atoms with Crippen LogP contribution in [0, 0.1) is 11.6 Å². The topological polar surface area (TPSA) is 113 Å². The summed E-state index contributed by atoms with van der Waals surface area (Å²) in [5, 5.41) is 10.6. The van der Waals surface area contributed by atoms with Crippen molar-refractivity contribution in [1.82, 2.24) is 29.1 Å². The number of benzene rings is 4. The summed E-state index contributed by atoms with van der Waals surface area (Å²) >= 11 is 16.2. The maximum Gasteiger partial charge on any atom is 0.133 e. The van der Waals surface area contributed by atoms with Gasteiger partial charge in [0, 0.05) is 34.0 Å². The van der Waals surface area contributed by atoms with Gasteiger partial charge >= 0.3 is 0 Å². The summed E-state index contributed by atoms with van der Waals surface area (Å²) in [7, 11) is 0. The number of imidazole rings is 2. The number of halogens is 4. The average molecular weight is 846 g/mol.